The zero-order valence-electron chi connectivity index (χ0n) is 13.8. The number of nitrogens with zero attached hydrogens (tertiary/aromatic N) is 2. The first-order valence-electron chi connectivity index (χ1n) is 7.86. The summed E-state index contributed by atoms with van der Waals surface area (Å²) in [5.74, 6) is 2.30. The van der Waals surface area contributed by atoms with Crippen LogP contribution in [0.1, 0.15) is 12.5 Å². The number of nitrogens with one attached hydrogen (secondary N) is 2. The van der Waals surface area contributed by atoms with E-state index in [9.17, 15) is 0 Å². The molecule has 1 heterocycles. The number of aryl methyl sites for hydroxylation is 1. The highest BCUT2D eigenvalue weighted by Crippen LogP contribution is 2.23. The Morgan fingerprint density at radius 3 is 2.33 bits per heavy atom. The van der Waals surface area contributed by atoms with Gasteiger partial charge in [0.25, 0.3) is 0 Å². The highest BCUT2D eigenvalue weighted by molar-refractivity contribution is 5.65. The van der Waals surface area contributed by atoms with Gasteiger partial charge in [-0.15, -0.1) is 0 Å². The molecule has 0 unspecified atom stereocenters. The van der Waals surface area contributed by atoms with Crippen molar-refractivity contribution in [2.24, 2.45) is 0 Å². The second kappa shape index (κ2) is 7.46. The van der Waals surface area contributed by atoms with Crippen molar-refractivity contribution < 1.29 is 4.74 Å². The van der Waals surface area contributed by atoms with E-state index in [0.717, 1.165) is 35.2 Å². The van der Waals surface area contributed by atoms with Gasteiger partial charge in [0.1, 0.15) is 23.7 Å². The molecule has 0 aliphatic rings. The van der Waals surface area contributed by atoms with Gasteiger partial charge in [0.2, 0.25) is 0 Å². The third kappa shape index (κ3) is 3.81. The quantitative estimate of drug-likeness (QED) is 0.698. The third-order valence-electron chi connectivity index (χ3n) is 3.69. The van der Waals surface area contributed by atoms with Crippen LogP contribution < -0.4 is 15.4 Å². The fourth-order valence-electron chi connectivity index (χ4n) is 2.40. The van der Waals surface area contributed by atoms with Crippen molar-refractivity contribution >= 4 is 23.0 Å². The number of hydrogen-bond donors (Lipinski definition) is 2. The predicted octanol–water partition coefficient (Wildman–Crippen LogP) is 4.53. The molecule has 5 nitrogen and oxygen atoms in total. The first-order valence-corrected chi connectivity index (χ1v) is 7.86. The summed E-state index contributed by atoms with van der Waals surface area (Å²) in [6.45, 7) is 2.14. The molecule has 122 valence electrons. The van der Waals surface area contributed by atoms with E-state index in [0.29, 0.717) is 0 Å². The van der Waals surface area contributed by atoms with Crippen LogP contribution >= 0.6 is 0 Å². The van der Waals surface area contributed by atoms with Gasteiger partial charge in [0, 0.05) is 17.4 Å². The molecule has 2 N–H and O–H groups in total. The van der Waals surface area contributed by atoms with Gasteiger partial charge in [-0.2, -0.15) is 0 Å². The second-order valence-electron chi connectivity index (χ2n) is 5.28. The van der Waals surface area contributed by atoms with Crippen LogP contribution in [0.15, 0.2) is 60.9 Å². The minimum absolute atomic E-state index is 0.728. The van der Waals surface area contributed by atoms with E-state index in [4.69, 9.17) is 4.74 Å². The Labute approximate surface area is 141 Å². The van der Waals surface area contributed by atoms with E-state index in [-0.39, 0.29) is 0 Å². The summed E-state index contributed by atoms with van der Waals surface area (Å²) in [6, 6.07) is 17.8. The topological polar surface area (TPSA) is 59.1 Å². The Hall–Kier alpha value is -3.08. The maximum atomic E-state index is 5.16. The molecule has 0 aliphatic carbocycles. The molecule has 0 aliphatic heterocycles. The Morgan fingerprint density at radius 2 is 1.62 bits per heavy atom. The standard InChI is InChI=1S/C19H20N4O/c1-3-14-6-4-5-7-17(14)23-19-12-18(20-13-21-19)22-15-8-10-16(24-2)11-9-15/h4-13H,3H2,1-2H3,(H2,20,21,22,23). The number of aromatic nitrogens is 2. The summed E-state index contributed by atoms with van der Waals surface area (Å²) in [4.78, 5) is 8.56. The highest BCUT2D eigenvalue weighted by Gasteiger charge is 2.03. The average molecular weight is 320 g/mol. The van der Waals surface area contributed by atoms with E-state index in [2.05, 4.69) is 39.7 Å². The van der Waals surface area contributed by atoms with Crippen LogP contribution in [0.3, 0.4) is 0 Å². The molecule has 0 bridgehead atoms. The highest BCUT2D eigenvalue weighted by atomic mass is 16.5. The fraction of sp³-hybridized carbons (Fsp3) is 0.158. The van der Waals surface area contributed by atoms with Gasteiger partial charge in [0.05, 0.1) is 7.11 Å². The number of ether oxygens (including phenoxy) is 1. The SMILES string of the molecule is CCc1ccccc1Nc1cc(Nc2ccc(OC)cc2)ncn1. The number of anilines is 4. The van der Waals surface area contributed by atoms with Gasteiger partial charge in [-0.3, -0.25) is 0 Å². The van der Waals surface area contributed by atoms with Gasteiger partial charge < -0.3 is 15.4 Å². The van der Waals surface area contributed by atoms with Crippen LogP contribution in [-0.2, 0) is 6.42 Å². The second-order valence-corrected chi connectivity index (χ2v) is 5.28. The van der Waals surface area contributed by atoms with Crippen molar-refractivity contribution in [1.29, 1.82) is 0 Å². The van der Waals surface area contributed by atoms with E-state index < -0.39 is 0 Å². The Morgan fingerprint density at radius 1 is 0.917 bits per heavy atom. The molecule has 0 amide bonds. The number of methoxy groups -OCH3 is 1. The van der Waals surface area contributed by atoms with Crippen molar-refractivity contribution in [3.63, 3.8) is 0 Å². The molecule has 1 aromatic heterocycles. The smallest absolute Gasteiger partial charge is 0.135 e. The summed E-state index contributed by atoms with van der Waals surface area (Å²) < 4.78 is 5.16. The van der Waals surface area contributed by atoms with Crippen LogP contribution in [0, 0.1) is 0 Å². The summed E-state index contributed by atoms with van der Waals surface area (Å²) in [6.07, 6.45) is 2.51. The molecule has 2 aromatic carbocycles. The average Bonchev–Trinajstić information content (AvgIpc) is 2.63. The van der Waals surface area contributed by atoms with Crippen molar-refractivity contribution in [2.45, 2.75) is 13.3 Å². The lowest BCUT2D eigenvalue weighted by Gasteiger charge is -2.11. The summed E-state index contributed by atoms with van der Waals surface area (Å²) in [7, 11) is 1.65. The van der Waals surface area contributed by atoms with Gasteiger partial charge in [-0.1, -0.05) is 25.1 Å². The lowest BCUT2D eigenvalue weighted by molar-refractivity contribution is 0.415. The molecule has 3 aromatic rings. The molecule has 0 saturated heterocycles. The van der Waals surface area contributed by atoms with Crippen molar-refractivity contribution in [1.82, 2.24) is 9.97 Å². The minimum atomic E-state index is 0.728. The van der Waals surface area contributed by atoms with E-state index in [1.54, 1.807) is 13.4 Å². The van der Waals surface area contributed by atoms with Crippen molar-refractivity contribution in [3.8, 4) is 5.75 Å². The molecule has 0 saturated carbocycles. The predicted molar refractivity (Wildman–Crippen MR) is 97.4 cm³/mol. The summed E-state index contributed by atoms with van der Waals surface area (Å²) in [5.41, 5.74) is 3.25. The van der Waals surface area contributed by atoms with Crippen molar-refractivity contribution in [3.05, 3.63) is 66.5 Å². The van der Waals surface area contributed by atoms with Gasteiger partial charge in [-0.25, -0.2) is 9.97 Å². The first-order chi connectivity index (χ1) is 11.8. The van der Waals surface area contributed by atoms with Gasteiger partial charge in [-0.05, 0) is 42.3 Å². The molecule has 0 spiro atoms. The zero-order valence-corrected chi connectivity index (χ0v) is 13.8. The van der Waals surface area contributed by atoms with Crippen LogP contribution in [0.2, 0.25) is 0 Å². The van der Waals surface area contributed by atoms with E-state index in [1.807, 2.05) is 42.5 Å². The Balaban J connectivity index is 1.76. The Bertz CT molecular complexity index is 802. The zero-order chi connectivity index (χ0) is 16.8. The lowest BCUT2D eigenvalue weighted by atomic mass is 10.1. The molecule has 0 atom stereocenters. The van der Waals surface area contributed by atoms with E-state index >= 15 is 0 Å². The molecule has 0 fully saturated rings. The van der Waals surface area contributed by atoms with E-state index in [1.165, 1.54) is 5.56 Å². The fourth-order valence-corrected chi connectivity index (χ4v) is 2.40. The van der Waals surface area contributed by atoms with Crippen LogP contribution in [0.25, 0.3) is 0 Å². The lowest BCUT2D eigenvalue weighted by Crippen LogP contribution is -2.00. The molecule has 3 rings (SSSR count). The van der Waals surface area contributed by atoms with Gasteiger partial charge >= 0.3 is 0 Å². The molecular formula is C19H20N4O. The number of hydrogen-bond acceptors (Lipinski definition) is 5. The summed E-state index contributed by atoms with van der Waals surface area (Å²) in [5, 5.41) is 6.62. The third-order valence-corrected chi connectivity index (χ3v) is 3.69. The van der Waals surface area contributed by atoms with Crippen LogP contribution in [0.5, 0.6) is 5.75 Å². The van der Waals surface area contributed by atoms with Crippen LogP contribution in [0.4, 0.5) is 23.0 Å². The number of para-hydroxylation sites is 1. The molecule has 5 heteroatoms. The maximum Gasteiger partial charge on any atom is 0.135 e. The number of rotatable bonds is 6. The largest absolute Gasteiger partial charge is 0.497 e. The first kappa shape index (κ1) is 15.8. The summed E-state index contributed by atoms with van der Waals surface area (Å²) >= 11 is 0. The Kier molecular flexibility index (Phi) is 4.91. The molecule has 24 heavy (non-hydrogen) atoms. The number of benzene rings is 2. The van der Waals surface area contributed by atoms with Gasteiger partial charge in [0.15, 0.2) is 0 Å². The normalized spacial score (nSPS) is 10.2. The molecular weight excluding hydrogens is 300 g/mol. The minimum Gasteiger partial charge on any atom is -0.497 e. The van der Waals surface area contributed by atoms with Crippen molar-refractivity contribution in [2.75, 3.05) is 17.7 Å². The maximum absolute atomic E-state index is 5.16. The van der Waals surface area contributed by atoms with Crippen LogP contribution in [-0.4, -0.2) is 17.1 Å². The molecule has 0 radical (unpaired) electrons. The monoisotopic (exact) mass is 320 g/mol.